The second-order valence-electron chi connectivity index (χ2n) is 16.3. The molecular formula is C39H62N2O2Si. The molecule has 44 heavy (non-hydrogen) atoms. The lowest BCUT2D eigenvalue weighted by atomic mass is 9.69. The number of rotatable bonds is 11. The van der Waals surface area contributed by atoms with Gasteiger partial charge in [0.15, 0.2) is 9.04 Å². The summed E-state index contributed by atoms with van der Waals surface area (Å²) in [7, 11) is -1.17. The molecule has 4 rings (SSSR count). The average molecular weight is 619 g/mol. The summed E-state index contributed by atoms with van der Waals surface area (Å²) in [5, 5.41) is 6.59. The summed E-state index contributed by atoms with van der Waals surface area (Å²) in [5.74, 6) is 1.19. The second-order valence-corrected chi connectivity index (χ2v) is 18.7. The van der Waals surface area contributed by atoms with Crippen molar-refractivity contribution in [3.05, 3.63) is 65.2 Å². The molecule has 2 N–H and O–H groups in total. The van der Waals surface area contributed by atoms with Crippen molar-refractivity contribution < 1.29 is 9.22 Å². The van der Waals surface area contributed by atoms with E-state index in [-0.39, 0.29) is 22.3 Å². The van der Waals surface area contributed by atoms with Crippen molar-refractivity contribution in [3.8, 4) is 0 Å². The minimum Gasteiger partial charge on any atom is -0.417 e. The van der Waals surface area contributed by atoms with E-state index in [2.05, 4.69) is 114 Å². The van der Waals surface area contributed by atoms with Gasteiger partial charge in [-0.3, -0.25) is 0 Å². The summed E-state index contributed by atoms with van der Waals surface area (Å²) >= 11 is 0. The maximum absolute atomic E-state index is 13.5. The number of amides is 2. The highest BCUT2D eigenvalue weighted by molar-refractivity contribution is 6.48. The molecule has 4 nitrogen and oxygen atoms in total. The standard InChI is InChI=1S/C39H62N2O2Si/c1-37(2,3)32-23-21-29(22-24-33(38(4,5)6)35(43-44(7)8)30-17-11-9-12-18-30)27-34(32)41-36(42)40-28-39(25-15-16-26-39)31-19-13-10-14-20-31/h10,13-14,19-21,23,27,30,33,35,44H,9,11-12,15-18,22,24-26,28H2,1-8H3,(H2,40,41,42). The van der Waals surface area contributed by atoms with Crippen LogP contribution in [0.4, 0.5) is 10.5 Å². The number of aryl methyl sites for hydroxylation is 1. The Hall–Kier alpha value is -2.11. The Labute approximate surface area is 271 Å². The number of benzene rings is 2. The lowest BCUT2D eigenvalue weighted by molar-refractivity contribution is 0.00125. The first-order valence-electron chi connectivity index (χ1n) is 17.7. The van der Waals surface area contributed by atoms with Gasteiger partial charge in [-0.1, -0.05) is 116 Å². The van der Waals surface area contributed by atoms with Crippen molar-refractivity contribution in [3.63, 3.8) is 0 Å². The Balaban J connectivity index is 1.50. The van der Waals surface area contributed by atoms with E-state index in [9.17, 15) is 4.79 Å². The van der Waals surface area contributed by atoms with E-state index in [0.29, 0.717) is 24.5 Å². The van der Waals surface area contributed by atoms with Crippen LogP contribution >= 0.6 is 0 Å². The predicted molar refractivity (Wildman–Crippen MR) is 190 cm³/mol. The number of carbonyl (C=O) groups is 1. The van der Waals surface area contributed by atoms with Gasteiger partial charge in [0.2, 0.25) is 0 Å². The molecule has 0 spiro atoms. The van der Waals surface area contributed by atoms with Gasteiger partial charge in [0.1, 0.15) is 0 Å². The molecule has 0 saturated heterocycles. The van der Waals surface area contributed by atoms with E-state index < -0.39 is 9.04 Å². The van der Waals surface area contributed by atoms with Crippen molar-refractivity contribution in [2.75, 3.05) is 11.9 Å². The van der Waals surface area contributed by atoms with E-state index in [1.807, 2.05) is 0 Å². The fraction of sp³-hybridized carbons (Fsp3) is 0.667. The molecule has 2 saturated carbocycles. The fourth-order valence-corrected chi connectivity index (χ4v) is 9.10. The maximum atomic E-state index is 13.5. The smallest absolute Gasteiger partial charge is 0.319 e. The molecule has 244 valence electrons. The quantitative estimate of drug-likeness (QED) is 0.246. The zero-order chi connectivity index (χ0) is 32.0. The van der Waals surface area contributed by atoms with Crippen molar-refractivity contribution in [2.24, 2.45) is 17.3 Å². The Morgan fingerprint density at radius 3 is 2.18 bits per heavy atom. The average Bonchev–Trinajstić information content (AvgIpc) is 3.45. The Bertz CT molecular complexity index is 1180. The van der Waals surface area contributed by atoms with Gasteiger partial charge in [-0.25, -0.2) is 4.79 Å². The van der Waals surface area contributed by atoms with Gasteiger partial charge in [0, 0.05) is 17.6 Å². The number of nitrogens with one attached hydrogen (secondary N) is 2. The SMILES string of the molecule is C[SiH](C)OC(C1CCCCC1)C(CCc1ccc(C(C)(C)C)c(NC(=O)NCC2(c3ccccc3)CCCC2)c1)C(C)(C)C. The molecule has 0 bridgehead atoms. The summed E-state index contributed by atoms with van der Waals surface area (Å²) in [6, 6.07) is 17.5. The fourth-order valence-electron chi connectivity index (χ4n) is 8.06. The number of anilines is 1. The van der Waals surface area contributed by atoms with Crippen LogP contribution in [-0.2, 0) is 21.7 Å². The van der Waals surface area contributed by atoms with Crippen LogP contribution in [0.3, 0.4) is 0 Å². The van der Waals surface area contributed by atoms with Crippen LogP contribution < -0.4 is 10.6 Å². The molecule has 2 aromatic rings. The normalized spacial score (nSPS) is 19.1. The first kappa shape index (κ1) is 34.8. The van der Waals surface area contributed by atoms with Crippen molar-refractivity contribution in [2.45, 2.75) is 142 Å². The van der Waals surface area contributed by atoms with E-state index in [1.54, 1.807) is 0 Å². The zero-order valence-electron chi connectivity index (χ0n) is 29.2. The third kappa shape index (κ3) is 9.22. The molecule has 2 aliphatic rings. The lowest BCUT2D eigenvalue weighted by Gasteiger charge is -2.43. The maximum Gasteiger partial charge on any atom is 0.319 e. The van der Waals surface area contributed by atoms with Gasteiger partial charge in [-0.05, 0) is 97.0 Å². The highest BCUT2D eigenvalue weighted by Gasteiger charge is 2.38. The van der Waals surface area contributed by atoms with Crippen LogP contribution in [-0.4, -0.2) is 27.7 Å². The molecule has 2 aromatic carbocycles. The molecule has 2 atom stereocenters. The van der Waals surface area contributed by atoms with Crippen molar-refractivity contribution >= 4 is 20.8 Å². The Kier molecular flexibility index (Phi) is 11.8. The van der Waals surface area contributed by atoms with Crippen LogP contribution in [0.2, 0.25) is 13.1 Å². The van der Waals surface area contributed by atoms with Crippen LogP contribution in [0.1, 0.15) is 122 Å². The molecule has 0 aromatic heterocycles. The molecule has 5 heteroatoms. The summed E-state index contributed by atoms with van der Waals surface area (Å²) in [4.78, 5) is 13.5. The lowest BCUT2D eigenvalue weighted by Crippen LogP contribution is -2.42. The minimum atomic E-state index is -1.17. The third-order valence-corrected chi connectivity index (χ3v) is 11.3. The first-order chi connectivity index (χ1) is 20.8. The number of urea groups is 1. The topological polar surface area (TPSA) is 50.4 Å². The van der Waals surface area contributed by atoms with Crippen LogP contribution in [0.15, 0.2) is 48.5 Å². The third-order valence-electron chi connectivity index (χ3n) is 10.5. The largest absolute Gasteiger partial charge is 0.417 e. The number of hydrogen-bond donors (Lipinski definition) is 2. The van der Waals surface area contributed by atoms with Gasteiger partial charge in [-0.2, -0.15) is 0 Å². The van der Waals surface area contributed by atoms with Crippen LogP contribution in [0, 0.1) is 17.3 Å². The van der Waals surface area contributed by atoms with Gasteiger partial charge < -0.3 is 15.1 Å². The summed E-state index contributed by atoms with van der Waals surface area (Å²) in [5.41, 5.74) is 4.89. The van der Waals surface area contributed by atoms with Gasteiger partial charge >= 0.3 is 6.03 Å². The van der Waals surface area contributed by atoms with Crippen LogP contribution in [0.5, 0.6) is 0 Å². The summed E-state index contributed by atoms with van der Waals surface area (Å²) in [6.07, 6.45) is 13.8. The van der Waals surface area contributed by atoms with E-state index >= 15 is 0 Å². The molecular weight excluding hydrogens is 557 g/mol. The Morgan fingerprint density at radius 2 is 1.59 bits per heavy atom. The van der Waals surface area contributed by atoms with Gasteiger partial charge in [0.05, 0.1) is 6.10 Å². The zero-order valence-corrected chi connectivity index (χ0v) is 30.4. The molecule has 2 unspecified atom stereocenters. The molecule has 2 aliphatic carbocycles. The molecule has 0 aliphatic heterocycles. The van der Waals surface area contributed by atoms with E-state index in [0.717, 1.165) is 31.4 Å². The number of hydrogen-bond acceptors (Lipinski definition) is 2. The van der Waals surface area contributed by atoms with E-state index in [1.165, 1.54) is 61.6 Å². The van der Waals surface area contributed by atoms with Gasteiger partial charge in [0.25, 0.3) is 0 Å². The van der Waals surface area contributed by atoms with Crippen LogP contribution in [0.25, 0.3) is 0 Å². The van der Waals surface area contributed by atoms with Gasteiger partial charge in [-0.15, -0.1) is 0 Å². The molecule has 2 fully saturated rings. The highest BCUT2D eigenvalue weighted by atomic mass is 28.3. The summed E-state index contributed by atoms with van der Waals surface area (Å²) in [6.45, 7) is 19.2. The minimum absolute atomic E-state index is 0.0328. The molecule has 2 amide bonds. The monoisotopic (exact) mass is 618 g/mol. The predicted octanol–water partition coefficient (Wildman–Crippen LogP) is 10.2. The highest BCUT2D eigenvalue weighted by Crippen LogP contribution is 2.42. The first-order valence-corrected chi connectivity index (χ1v) is 20.5. The molecule has 0 radical (unpaired) electrons. The van der Waals surface area contributed by atoms with Crippen molar-refractivity contribution in [1.82, 2.24) is 5.32 Å². The van der Waals surface area contributed by atoms with Crippen molar-refractivity contribution in [1.29, 1.82) is 0 Å². The number of carbonyl (C=O) groups excluding carboxylic acids is 1. The Morgan fingerprint density at radius 1 is 0.932 bits per heavy atom. The van der Waals surface area contributed by atoms with E-state index in [4.69, 9.17) is 4.43 Å². The summed E-state index contributed by atoms with van der Waals surface area (Å²) < 4.78 is 6.89. The molecule has 0 heterocycles. The second kappa shape index (κ2) is 15.0.